The second-order valence-electron chi connectivity index (χ2n) is 7.32. The quantitative estimate of drug-likeness (QED) is 0.374. The van der Waals surface area contributed by atoms with E-state index in [2.05, 4.69) is 38.0 Å². The van der Waals surface area contributed by atoms with Gasteiger partial charge in [0.05, 0.1) is 63.3 Å². The minimum absolute atomic E-state index is 0.104. The largest absolute Gasteiger partial charge is 0.346 e. The number of amides is 1. The maximum absolute atomic E-state index is 12.9. The fraction of sp³-hybridized carbons (Fsp3) is 0.571. The Bertz CT molecular complexity index is 929. The Balaban J connectivity index is 2.18. The molecule has 160 valence electrons. The molecule has 0 radical (unpaired) electrons. The van der Waals surface area contributed by atoms with Crippen molar-refractivity contribution in [2.24, 2.45) is 0 Å². The van der Waals surface area contributed by atoms with E-state index in [1.54, 1.807) is 22.8 Å². The zero-order valence-electron chi connectivity index (χ0n) is 18.1. The summed E-state index contributed by atoms with van der Waals surface area (Å²) >= 11 is 5.42. The maximum Gasteiger partial charge on any atom is 0.262 e. The minimum atomic E-state index is -0.132. The van der Waals surface area contributed by atoms with Gasteiger partial charge >= 0.3 is 0 Å². The predicted molar refractivity (Wildman–Crippen MR) is 120 cm³/mol. The van der Waals surface area contributed by atoms with Gasteiger partial charge in [0.25, 0.3) is 11.5 Å². The van der Waals surface area contributed by atoms with E-state index in [1.807, 2.05) is 0 Å². The van der Waals surface area contributed by atoms with Crippen LogP contribution in [0.5, 0.6) is 0 Å². The Hall–Kier alpha value is -2.03. The van der Waals surface area contributed by atoms with Crippen LogP contribution in [0.4, 0.5) is 0 Å². The standard InChI is InChI=1S/C21H33N5O2S/c1-5-24(6-2)12-11-22-19(27)16-9-10-17-18(15-16)23-21(29)26(20(17)28)14-13-25(7-3)8-4/h9-10,15H,5-8,11-14H2,1-4H3,(H,22,27)(H,23,29)/p+2. The highest BCUT2D eigenvalue weighted by Crippen LogP contribution is 2.10. The van der Waals surface area contributed by atoms with Gasteiger partial charge in [-0.3, -0.25) is 14.2 Å². The Morgan fingerprint density at radius 2 is 1.69 bits per heavy atom. The van der Waals surface area contributed by atoms with Crippen molar-refractivity contribution in [1.82, 2.24) is 14.9 Å². The van der Waals surface area contributed by atoms with Gasteiger partial charge in [0.1, 0.15) is 0 Å². The number of aromatic amines is 1. The monoisotopic (exact) mass is 421 g/mol. The molecule has 0 spiro atoms. The van der Waals surface area contributed by atoms with E-state index < -0.39 is 0 Å². The molecule has 1 aromatic heterocycles. The Morgan fingerprint density at radius 3 is 2.31 bits per heavy atom. The van der Waals surface area contributed by atoms with Crippen LogP contribution < -0.4 is 20.7 Å². The third-order valence-electron chi connectivity index (χ3n) is 5.70. The number of nitrogens with zero attached hydrogens (tertiary/aromatic N) is 1. The highest BCUT2D eigenvalue weighted by Gasteiger charge is 2.12. The summed E-state index contributed by atoms with van der Waals surface area (Å²) in [6.45, 7) is 15.6. The molecule has 29 heavy (non-hydrogen) atoms. The lowest BCUT2D eigenvalue weighted by Gasteiger charge is -2.16. The molecule has 2 rings (SSSR count). The van der Waals surface area contributed by atoms with Crippen LogP contribution in [-0.4, -0.2) is 61.3 Å². The molecule has 0 saturated carbocycles. The number of aromatic nitrogens is 2. The Labute approximate surface area is 177 Å². The normalized spacial score (nSPS) is 11.5. The molecular weight excluding hydrogens is 386 g/mol. The molecule has 0 fully saturated rings. The number of quaternary nitrogens is 2. The maximum atomic E-state index is 12.9. The van der Waals surface area contributed by atoms with Crippen LogP contribution in [0.2, 0.25) is 0 Å². The third-order valence-corrected chi connectivity index (χ3v) is 6.02. The summed E-state index contributed by atoms with van der Waals surface area (Å²) in [5, 5.41) is 3.52. The summed E-state index contributed by atoms with van der Waals surface area (Å²) in [5.74, 6) is -0.132. The first-order valence-electron chi connectivity index (χ1n) is 10.7. The number of carbonyl (C=O) groups excluding carboxylic acids is 1. The fourth-order valence-corrected chi connectivity index (χ4v) is 3.81. The lowest BCUT2D eigenvalue weighted by atomic mass is 10.1. The summed E-state index contributed by atoms with van der Waals surface area (Å²) in [5.41, 5.74) is 1.03. The lowest BCUT2D eigenvalue weighted by Crippen LogP contribution is -3.12. The summed E-state index contributed by atoms with van der Waals surface area (Å²) in [7, 11) is 0. The number of hydrogen-bond acceptors (Lipinski definition) is 3. The molecule has 0 aliphatic carbocycles. The van der Waals surface area contributed by atoms with Crippen LogP contribution in [0.25, 0.3) is 10.9 Å². The van der Waals surface area contributed by atoms with Crippen LogP contribution in [-0.2, 0) is 6.54 Å². The fourth-order valence-electron chi connectivity index (χ4n) is 3.53. The van der Waals surface area contributed by atoms with Crippen LogP contribution in [0, 0.1) is 4.77 Å². The molecule has 1 amide bonds. The summed E-state index contributed by atoms with van der Waals surface area (Å²) in [6.07, 6.45) is 0. The molecule has 2 aromatic rings. The zero-order valence-corrected chi connectivity index (χ0v) is 18.9. The topological polar surface area (TPSA) is 75.8 Å². The number of carbonyl (C=O) groups is 1. The van der Waals surface area contributed by atoms with Gasteiger partial charge < -0.3 is 20.1 Å². The first kappa shape index (κ1) is 23.3. The van der Waals surface area contributed by atoms with Crippen molar-refractivity contribution in [3.63, 3.8) is 0 Å². The molecule has 0 aliphatic rings. The molecule has 8 heteroatoms. The molecule has 4 N–H and O–H groups in total. The van der Waals surface area contributed by atoms with Gasteiger partial charge in [0.15, 0.2) is 4.77 Å². The van der Waals surface area contributed by atoms with E-state index in [-0.39, 0.29) is 11.5 Å². The van der Waals surface area contributed by atoms with Crippen LogP contribution in [0.15, 0.2) is 23.0 Å². The molecule has 0 unspecified atom stereocenters. The van der Waals surface area contributed by atoms with Gasteiger partial charge in [-0.2, -0.15) is 0 Å². The van der Waals surface area contributed by atoms with Crippen molar-refractivity contribution in [2.45, 2.75) is 34.2 Å². The summed E-state index contributed by atoms with van der Waals surface area (Å²) < 4.78 is 2.02. The second-order valence-corrected chi connectivity index (χ2v) is 7.70. The average molecular weight is 422 g/mol. The Morgan fingerprint density at radius 1 is 1.07 bits per heavy atom. The van der Waals surface area contributed by atoms with Crippen molar-refractivity contribution >= 4 is 29.0 Å². The van der Waals surface area contributed by atoms with E-state index in [9.17, 15) is 9.59 Å². The molecule has 0 aliphatic heterocycles. The van der Waals surface area contributed by atoms with Crippen LogP contribution >= 0.6 is 12.2 Å². The third kappa shape index (κ3) is 5.98. The molecule has 7 nitrogen and oxygen atoms in total. The van der Waals surface area contributed by atoms with Gasteiger partial charge in [-0.05, 0) is 58.1 Å². The zero-order chi connectivity index (χ0) is 21.4. The van der Waals surface area contributed by atoms with Gasteiger partial charge in [-0.1, -0.05) is 0 Å². The lowest BCUT2D eigenvalue weighted by molar-refractivity contribution is -0.897. The average Bonchev–Trinajstić information content (AvgIpc) is 2.73. The molecule has 0 saturated heterocycles. The number of nitrogens with one attached hydrogen (secondary N) is 4. The highest BCUT2D eigenvalue weighted by molar-refractivity contribution is 7.71. The van der Waals surface area contributed by atoms with E-state index >= 15 is 0 Å². The summed E-state index contributed by atoms with van der Waals surface area (Å²) in [4.78, 5) is 31.4. The first-order chi connectivity index (χ1) is 13.9. The Kier molecular flexibility index (Phi) is 9.00. The highest BCUT2D eigenvalue weighted by atomic mass is 32.1. The number of benzene rings is 1. The molecule has 1 aromatic carbocycles. The van der Waals surface area contributed by atoms with Crippen LogP contribution in [0.3, 0.4) is 0 Å². The molecule has 0 bridgehead atoms. The smallest absolute Gasteiger partial charge is 0.262 e. The van der Waals surface area contributed by atoms with Crippen molar-refractivity contribution in [1.29, 1.82) is 0 Å². The predicted octanol–water partition coefficient (Wildman–Crippen LogP) is -0.362. The van der Waals surface area contributed by atoms with Crippen molar-refractivity contribution in [3.05, 3.63) is 38.9 Å². The molecular formula is C21H35N5O2S+2. The van der Waals surface area contributed by atoms with Gasteiger partial charge in [0.2, 0.25) is 0 Å². The number of likely N-dealkylation sites (N-methyl/N-ethyl adjacent to an activating group) is 2. The number of fused-ring (bicyclic) bond motifs is 1. The van der Waals surface area contributed by atoms with Crippen molar-refractivity contribution in [2.75, 3.05) is 45.8 Å². The van der Waals surface area contributed by atoms with Gasteiger partial charge in [-0.15, -0.1) is 0 Å². The minimum Gasteiger partial charge on any atom is -0.346 e. The van der Waals surface area contributed by atoms with E-state index in [4.69, 9.17) is 12.2 Å². The number of H-pyrrole nitrogens is 1. The number of hydrogen-bond donors (Lipinski definition) is 4. The second kappa shape index (κ2) is 11.2. The van der Waals surface area contributed by atoms with Crippen LogP contribution in [0.1, 0.15) is 38.1 Å². The van der Waals surface area contributed by atoms with E-state index in [0.29, 0.717) is 34.3 Å². The molecule has 0 atom stereocenters. The SMILES string of the molecule is CC[NH+](CC)CCNC(=O)c1ccc2c(=O)n(CC[NH+](CC)CC)c(=S)[nH]c2c1. The van der Waals surface area contributed by atoms with Crippen molar-refractivity contribution in [3.8, 4) is 0 Å². The van der Waals surface area contributed by atoms with E-state index in [1.165, 1.54) is 9.80 Å². The molecule has 1 heterocycles. The van der Waals surface area contributed by atoms with Crippen molar-refractivity contribution < 1.29 is 14.6 Å². The first-order valence-corrected chi connectivity index (χ1v) is 11.1. The van der Waals surface area contributed by atoms with Gasteiger partial charge in [-0.25, -0.2) is 0 Å². The van der Waals surface area contributed by atoms with Gasteiger partial charge in [0, 0.05) is 5.56 Å². The van der Waals surface area contributed by atoms with E-state index in [0.717, 1.165) is 39.3 Å². The number of rotatable bonds is 11. The summed E-state index contributed by atoms with van der Waals surface area (Å²) in [6, 6.07) is 5.14.